The van der Waals surface area contributed by atoms with Gasteiger partial charge in [-0.3, -0.25) is 0 Å². The van der Waals surface area contributed by atoms with Crippen molar-refractivity contribution in [2.75, 3.05) is 34.9 Å². The molecule has 9 nitrogen and oxygen atoms in total. The van der Waals surface area contributed by atoms with E-state index < -0.39 is 25.7 Å². The van der Waals surface area contributed by atoms with Gasteiger partial charge in [0, 0.05) is 34.9 Å². The summed E-state index contributed by atoms with van der Waals surface area (Å²) in [6.45, 7) is -0.239. The summed E-state index contributed by atoms with van der Waals surface area (Å²) in [6.07, 6.45) is 6.97. The highest BCUT2D eigenvalue weighted by Gasteiger charge is 2.38. The van der Waals surface area contributed by atoms with Crippen molar-refractivity contribution in [2.24, 2.45) is 0 Å². The summed E-state index contributed by atoms with van der Waals surface area (Å²) in [7, 11) is 5.16. The lowest BCUT2D eigenvalue weighted by molar-refractivity contribution is -0.252. The van der Waals surface area contributed by atoms with Crippen molar-refractivity contribution >= 4 is 20.0 Å². The van der Waals surface area contributed by atoms with Crippen LogP contribution in [0, 0.1) is 0 Å². The normalized spacial score (nSPS) is 16.8. The van der Waals surface area contributed by atoms with Gasteiger partial charge in [-0.2, -0.15) is 13.2 Å². The Balaban J connectivity index is 0. The van der Waals surface area contributed by atoms with E-state index in [9.17, 15) is 13.2 Å². The van der Waals surface area contributed by atoms with Crippen molar-refractivity contribution in [2.45, 2.75) is 88.5 Å². The maximum Gasteiger partial charge on any atom is 0.490 e. The molecule has 0 bridgehead atoms. The number of ether oxygens (including phenoxy) is 3. The second-order valence-corrected chi connectivity index (χ2v) is 7.97. The lowest BCUT2D eigenvalue weighted by Gasteiger charge is -2.24. The number of carboxylic acid groups (broad SMARTS) is 1. The van der Waals surface area contributed by atoms with Crippen LogP contribution in [0.5, 0.6) is 0 Å². The first-order chi connectivity index (χ1) is 16.0. The molecular weight excluding hydrogens is 463 g/mol. The van der Waals surface area contributed by atoms with E-state index in [4.69, 9.17) is 29.7 Å². The topological polar surface area (TPSA) is 135 Å². The molecule has 4 N–H and O–H groups in total. The Bertz CT molecular complexity index is 463. The van der Waals surface area contributed by atoms with E-state index in [1.54, 1.807) is 7.11 Å². The molecule has 2 rings (SSSR count). The van der Waals surface area contributed by atoms with Gasteiger partial charge in [-0.1, -0.05) is 64.2 Å². The van der Waals surface area contributed by atoms with Crippen LogP contribution in [-0.4, -0.2) is 87.9 Å². The minimum Gasteiger partial charge on any atom is -0.475 e. The number of halogens is 3. The van der Waals surface area contributed by atoms with Gasteiger partial charge < -0.3 is 39.1 Å². The van der Waals surface area contributed by atoms with E-state index in [-0.39, 0.29) is 19.2 Å². The van der Waals surface area contributed by atoms with Crippen molar-refractivity contribution in [3.8, 4) is 0 Å². The molecule has 0 saturated heterocycles. The third-order valence-electron chi connectivity index (χ3n) is 5.55. The second kappa shape index (κ2) is 21.4. The Morgan fingerprint density at radius 1 is 0.853 bits per heavy atom. The third-order valence-corrected chi connectivity index (χ3v) is 5.55. The molecule has 14 heteroatoms. The van der Waals surface area contributed by atoms with Crippen LogP contribution >= 0.6 is 0 Å². The van der Waals surface area contributed by atoms with Crippen LogP contribution in [0.2, 0.25) is 11.6 Å². The Morgan fingerprint density at radius 2 is 1.21 bits per heavy atom. The van der Waals surface area contributed by atoms with Crippen LogP contribution in [-0.2, 0) is 23.7 Å². The van der Waals surface area contributed by atoms with E-state index in [0.29, 0.717) is 5.82 Å². The predicted octanol–water partition coefficient (Wildman–Crippen LogP) is 3.13. The van der Waals surface area contributed by atoms with Crippen LogP contribution in [0.15, 0.2) is 0 Å². The van der Waals surface area contributed by atoms with Crippen molar-refractivity contribution in [1.82, 2.24) is 0 Å². The summed E-state index contributed by atoms with van der Waals surface area (Å²) in [5.41, 5.74) is 0. The average molecular weight is 504 g/mol. The van der Waals surface area contributed by atoms with E-state index in [1.165, 1.54) is 72.7 Å². The lowest BCUT2D eigenvalue weighted by atomic mass is 9.52. The Kier molecular flexibility index (Phi) is 22.2. The molecule has 0 aromatic rings. The first-order valence-electron chi connectivity index (χ1n) is 11.4. The maximum absolute atomic E-state index is 10.6. The van der Waals surface area contributed by atoms with Gasteiger partial charge in [0.25, 0.3) is 6.48 Å². The molecule has 34 heavy (non-hydrogen) atoms. The highest BCUT2D eigenvalue weighted by molar-refractivity contribution is 6.53. The zero-order chi connectivity index (χ0) is 26.6. The molecule has 0 radical (unpaired) electrons. The number of carbonyl (C=O) groups is 1. The summed E-state index contributed by atoms with van der Waals surface area (Å²) in [5, 5.41) is 33.5. The third kappa shape index (κ3) is 18.4. The van der Waals surface area contributed by atoms with E-state index in [2.05, 4.69) is 14.2 Å². The molecule has 2 aliphatic rings. The smallest absolute Gasteiger partial charge is 0.475 e. The summed E-state index contributed by atoms with van der Waals surface area (Å²) >= 11 is 0. The minimum atomic E-state index is -5.08. The number of methoxy groups -OCH3 is 3. The molecule has 202 valence electrons. The fraction of sp³-hybridized carbons (Fsp3) is 0.950. The predicted molar refractivity (Wildman–Crippen MR) is 122 cm³/mol. The largest absolute Gasteiger partial charge is 0.490 e. The molecule has 2 fully saturated rings. The minimum absolute atomic E-state index is 0.0929. The van der Waals surface area contributed by atoms with Gasteiger partial charge in [-0.05, 0) is 11.6 Å². The molecule has 0 aromatic carbocycles. The van der Waals surface area contributed by atoms with Crippen molar-refractivity contribution in [3.05, 3.63) is 0 Å². The van der Waals surface area contributed by atoms with Gasteiger partial charge in [0.2, 0.25) is 0 Å². The molecule has 0 aliphatic heterocycles. The zero-order valence-corrected chi connectivity index (χ0v) is 20.6. The summed E-state index contributed by atoms with van der Waals surface area (Å²) in [5.74, 6) is -1.98. The first kappa shape index (κ1) is 35.3. The number of aliphatic hydroxyl groups excluding tert-OH is 1. The highest BCUT2D eigenvalue weighted by atomic mass is 19.4. The van der Waals surface area contributed by atoms with Crippen LogP contribution < -0.4 is 0 Å². The SMILES string of the molecule is COB(CO)C1CCCCC1.COC(OC)OC.O=C(O)C(F)(F)F.OB(O)C1CCCCC1. The lowest BCUT2D eigenvalue weighted by Crippen LogP contribution is -2.29. The number of aliphatic carboxylic acids is 1. The quantitative estimate of drug-likeness (QED) is 0.305. The number of carboxylic acids is 1. The van der Waals surface area contributed by atoms with E-state index >= 15 is 0 Å². The Labute approximate surface area is 201 Å². The molecule has 0 spiro atoms. The van der Waals surface area contributed by atoms with Crippen molar-refractivity contribution in [3.63, 3.8) is 0 Å². The monoisotopic (exact) mass is 504 g/mol. The summed E-state index contributed by atoms with van der Waals surface area (Å²) < 4.78 is 50.7. The van der Waals surface area contributed by atoms with Gasteiger partial charge in [0.05, 0.1) is 0 Å². The molecule has 2 aliphatic carbocycles. The van der Waals surface area contributed by atoms with Gasteiger partial charge in [0.15, 0.2) is 0 Å². The zero-order valence-electron chi connectivity index (χ0n) is 20.6. The van der Waals surface area contributed by atoms with E-state index in [1.807, 2.05) is 0 Å². The second-order valence-electron chi connectivity index (χ2n) is 7.97. The highest BCUT2D eigenvalue weighted by Crippen LogP contribution is 2.31. The Morgan fingerprint density at radius 3 is 1.38 bits per heavy atom. The maximum atomic E-state index is 10.6. The molecule has 0 heterocycles. The van der Waals surface area contributed by atoms with Crippen molar-refractivity contribution < 1.29 is 57.1 Å². The number of rotatable bonds is 7. The molecule has 0 amide bonds. The number of hydrogen-bond donors (Lipinski definition) is 4. The van der Waals surface area contributed by atoms with Gasteiger partial charge in [-0.15, -0.1) is 0 Å². The molecular formula is C20H41B2F3O9. The average Bonchev–Trinajstić information content (AvgIpc) is 2.83. The number of aliphatic hydroxyl groups is 1. The van der Waals surface area contributed by atoms with Crippen LogP contribution in [0.3, 0.4) is 0 Å². The van der Waals surface area contributed by atoms with E-state index in [0.717, 1.165) is 12.8 Å². The summed E-state index contributed by atoms with van der Waals surface area (Å²) in [4.78, 5) is 8.90. The number of alkyl halides is 3. The standard InChI is InChI=1S/C8H17BO2.C6H13BO2.C4H10O3.C2HF3O2/c1-11-9(7-10)8-5-3-2-4-6-8;8-7(9)6-4-2-1-3-5-6;1-5-4(6-2)7-3;3-2(4,5)1(6)7/h8,10H,2-7H2,1H3;6,8-9H,1-5H2;4H,1-3H3;(H,6,7). The van der Waals surface area contributed by atoms with Crippen LogP contribution in [0.25, 0.3) is 0 Å². The number of hydrogen-bond acceptors (Lipinski definition) is 8. The molecule has 0 unspecified atom stereocenters. The molecule has 0 aromatic heterocycles. The fourth-order valence-corrected chi connectivity index (χ4v) is 3.64. The van der Waals surface area contributed by atoms with Gasteiger partial charge in [0.1, 0.15) is 0 Å². The molecule has 2 saturated carbocycles. The Hall–Kier alpha value is -0.890. The summed E-state index contributed by atoms with van der Waals surface area (Å²) in [6, 6.07) is 0. The first-order valence-corrected chi connectivity index (χ1v) is 11.4. The van der Waals surface area contributed by atoms with Gasteiger partial charge >= 0.3 is 26.2 Å². The van der Waals surface area contributed by atoms with Gasteiger partial charge in [-0.25, -0.2) is 4.79 Å². The van der Waals surface area contributed by atoms with Crippen molar-refractivity contribution in [1.29, 1.82) is 0 Å². The van der Waals surface area contributed by atoms with Crippen LogP contribution in [0.4, 0.5) is 13.2 Å². The molecule has 0 atom stereocenters. The fourth-order valence-electron chi connectivity index (χ4n) is 3.64. The van der Waals surface area contributed by atoms with Crippen LogP contribution in [0.1, 0.15) is 64.2 Å².